The van der Waals surface area contributed by atoms with Crippen LogP contribution < -0.4 is 10.1 Å². The molecule has 1 fully saturated rings. The zero-order chi connectivity index (χ0) is 12.8. The molecule has 1 aliphatic carbocycles. The molecule has 0 saturated heterocycles. The molecular weight excluding hydrogens is 290 g/mol. The van der Waals surface area contributed by atoms with Crippen LogP contribution in [0.4, 0.5) is 0 Å². The van der Waals surface area contributed by atoms with Crippen LogP contribution in [-0.2, 0) is 0 Å². The van der Waals surface area contributed by atoms with Crippen molar-refractivity contribution in [3.05, 3.63) is 28.7 Å². The van der Waals surface area contributed by atoms with Crippen LogP contribution in [0.15, 0.2) is 28.7 Å². The van der Waals surface area contributed by atoms with Gasteiger partial charge in [-0.2, -0.15) is 0 Å². The lowest BCUT2D eigenvalue weighted by Crippen LogP contribution is -2.36. The van der Waals surface area contributed by atoms with Crippen LogP contribution in [0.25, 0.3) is 0 Å². The molecule has 100 valence electrons. The van der Waals surface area contributed by atoms with Gasteiger partial charge in [-0.25, -0.2) is 0 Å². The molecule has 0 radical (unpaired) electrons. The van der Waals surface area contributed by atoms with Crippen LogP contribution in [0, 0.1) is 5.92 Å². The number of ether oxygens (including phenoxy) is 1. The van der Waals surface area contributed by atoms with Crippen LogP contribution in [-0.4, -0.2) is 19.7 Å². The van der Waals surface area contributed by atoms with Crippen LogP contribution in [0.1, 0.15) is 32.1 Å². The minimum atomic E-state index is 0.685. The van der Waals surface area contributed by atoms with E-state index in [1.165, 1.54) is 25.7 Å². The third-order valence-electron chi connectivity index (χ3n) is 3.83. The Labute approximate surface area is 118 Å². The first kappa shape index (κ1) is 13.9. The van der Waals surface area contributed by atoms with Crippen molar-refractivity contribution in [2.45, 2.75) is 38.1 Å². The Morgan fingerprint density at radius 2 is 2.17 bits per heavy atom. The van der Waals surface area contributed by atoms with Crippen molar-refractivity contribution in [2.24, 2.45) is 5.92 Å². The van der Waals surface area contributed by atoms with E-state index in [9.17, 15) is 0 Å². The maximum Gasteiger partial charge on any atom is 0.120 e. The summed E-state index contributed by atoms with van der Waals surface area (Å²) >= 11 is 3.46. The van der Waals surface area contributed by atoms with E-state index in [-0.39, 0.29) is 0 Å². The van der Waals surface area contributed by atoms with Gasteiger partial charge in [-0.05, 0) is 50.4 Å². The lowest BCUT2D eigenvalue weighted by molar-refractivity contribution is 0.210. The Morgan fingerprint density at radius 1 is 1.33 bits per heavy atom. The molecule has 2 nitrogen and oxygen atoms in total. The van der Waals surface area contributed by atoms with Gasteiger partial charge in [0, 0.05) is 10.5 Å². The molecule has 1 N–H and O–H groups in total. The summed E-state index contributed by atoms with van der Waals surface area (Å²) in [4.78, 5) is 0. The van der Waals surface area contributed by atoms with E-state index in [1.54, 1.807) is 0 Å². The molecule has 0 spiro atoms. The third-order valence-corrected chi connectivity index (χ3v) is 4.33. The van der Waals surface area contributed by atoms with Gasteiger partial charge in [-0.3, -0.25) is 0 Å². The molecule has 1 aromatic rings. The fourth-order valence-corrected chi connectivity index (χ4v) is 3.20. The molecule has 0 heterocycles. The van der Waals surface area contributed by atoms with Crippen molar-refractivity contribution in [2.75, 3.05) is 13.7 Å². The highest BCUT2D eigenvalue weighted by Crippen LogP contribution is 2.27. The normalized spacial score (nSPS) is 23.9. The molecule has 1 aromatic carbocycles. The standard InChI is InChI=1S/C15H22BrNO/c1-17-15-8-3-2-5-12(15)9-10-18-14-7-4-6-13(16)11-14/h4,6-7,11-12,15,17H,2-3,5,8-10H2,1H3. The van der Waals surface area contributed by atoms with E-state index in [1.807, 2.05) is 24.3 Å². The van der Waals surface area contributed by atoms with E-state index >= 15 is 0 Å². The minimum absolute atomic E-state index is 0.685. The van der Waals surface area contributed by atoms with E-state index in [4.69, 9.17) is 4.74 Å². The minimum Gasteiger partial charge on any atom is -0.494 e. The molecule has 2 unspecified atom stereocenters. The summed E-state index contributed by atoms with van der Waals surface area (Å²) in [7, 11) is 2.08. The second-order valence-corrected chi connectivity index (χ2v) is 5.95. The van der Waals surface area contributed by atoms with Crippen molar-refractivity contribution in [3.8, 4) is 5.75 Å². The second kappa shape index (κ2) is 7.15. The van der Waals surface area contributed by atoms with Crippen LogP contribution in [0.2, 0.25) is 0 Å². The smallest absolute Gasteiger partial charge is 0.120 e. The first-order valence-electron chi connectivity index (χ1n) is 6.85. The lowest BCUT2D eigenvalue weighted by atomic mass is 9.83. The van der Waals surface area contributed by atoms with E-state index in [0.29, 0.717) is 6.04 Å². The van der Waals surface area contributed by atoms with Crippen LogP contribution in [0.5, 0.6) is 5.75 Å². The quantitative estimate of drug-likeness (QED) is 0.887. The summed E-state index contributed by atoms with van der Waals surface area (Å²) in [6.07, 6.45) is 6.55. The molecule has 1 aliphatic rings. The van der Waals surface area contributed by atoms with Gasteiger partial charge in [-0.1, -0.05) is 34.8 Å². The number of nitrogens with one attached hydrogen (secondary N) is 1. The van der Waals surface area contributed by atoms with Crippen LogP contribution in [0.3, 0.4) is 0 Å². The first-order valence-corrected chi connectivity index (χ1v) is 7.64. The lowest BCUT2D eigenvalue weighted by Gasteiger charge is -2.31. The molecule has 18 heavy (non-hydrogen) atoms. The molecule has 1 saturated carbocycles. The second-order valence-electron chi connectivity index (χ2n) is 5.03. The number of hydrogen-bond acceptors (Lipinski definition) is 2. The largest absolute Gasteiger partial charge is 0.494 e. The predicted molar refractivity (Wildman–Crippen MR) is 79.1 cm³/mol. The molecule has 0 amide bonds. The van der Waals surface area contributed by atoms with Gasteiger partial charge in [0.05, 0.1) is 6.61 Å². The Kier molecular flexibility index (Phi) is 5.51. The van der Waals surface area contributed by atoms with Gasteiger partial charge < -0.3 is 10.1 Å². The summed E-state index contributed by atoms with van der Waals surface area (Å²) in [5.41, 5.74) is 0. The Bertz CT molecular complexity index is 369. The van der Waals surface area contributed by atoms with Crippen LogP contribution >= 0.6 is 15.9 Å². The Balaban J connectivity index is 1.77. The van der Waals surface area contributed by atoms with Crippen molar-refractivity contribution in [3.63, 3.8) is 0 Å². The summed E-state index contributed by atoms with van der Waals surface area (Å²) in [5, 5.41) is 3.45. The van der Waals surface area contributed by atoms with Gasteiger partial charge in [0.2, 0.25) is 0 Å². The van der Waals surface area contributed by atoms with Gasteiger partial charge in [-0.15, -0.1) is 0 Å². The third kappa shape index (κ3) is 3.99. The zero-order valence-electron chi connectivity index (χ0n) is 11.0. The number of rotatable bonds is 5. The maximum atomic E-state index is 5.82. The van der Waals surface area contributed by atoms with E-state index in [0.717, 1.165) is 29.2 Å². The van der Waals surface area contributed by atoms with Gasteiger partial charge in [0.25, 0.3) is 0 Å². The van der Waals surface area contributed by atoms with Crippen molar-refractivity contribution < 1.29 is 4.74 Å². The average Bonchev–Trinajstić information content (AvgIpc) is 2.39. The van der Waals surface area contributed by atoms with E-state index < -0.39 is 0 Å². The fourth-order valence-electron chi connectivity index (χ4n) is 2.82. The fraction of sp³-hybridized carbons (Fsp3) is 0.600. The molecule has 0 bridgehead atoms. The molecule has 0 aromatic heterocycles. The maximum absolute atomic E-state index is 5.82. The topological polar surface area (TPSA) is 21.3 Å². The van der Waals surface area contributed by atoms with Gasteiger partial charge in [0.1, 0.15) is 5.75 Å². The first-order chi connectivity index (χ1) is 8.79. The monoisotopic (exact) mass is 311 g/mol. The number of benzene rings is 1. The summed E-state index contributed by atoms with van der Waals surface area (Å²) in [6.45, 7) is 0.819. The highest BCUT2D eigenvalue weighted by Gasteiger charge is 2.23. The zero-order valence-corrected chi connectivity index (χ0v) is 12.6. The highest BCUT2D eigenvalue weighted by molar-refractivity contribution is 9.10. The van der Waals surface area contributed by atoms with Crippen molar-refractivity contribution in [1.29, 1.82) is 0 Å². The molecule has 2 rings (SSSR count). The van der Waals surface area contributed by atoms with Crippen molar-refractivity contribution >= 4 is 15.9 Å². The number of hydrogen-bond donors (Lipinski definition) is 1. The molecule has 2 atom stereocenters. The highest BCUT2D eigenvalue weighted by atomic mass is 79.9. The molecule has 0 aliphatic heterocycles. The van der Waals surface area contributed by atoms with Gasteiger partial charge in [0.15, 0.2) is 0 Å². The predicted octanol–water partition coefficient (Wildman–Crippen LogP) is 4.00. The molecule has 3 heteroatoms. The summed E-state index contributed by atoms with van der Waals surface area (Å²) in [6, 6.07) is 8.75. The summed E-state index contributed by atoms with van der Waals surface area (Å²) < 4.78 is 6.90. The van der Waals surface area contributed by atoms with E-state index in [2.05, 4.69) is 28.3 Å². The Hall–Kier alpha value is -0.540. The average molecular weight is 312 g/mol. The van der Waals surface area contributed by atoms with Gasteiger partial charge >= 0.3 is 0 Å². The SMILES string of the molecule is CNC1CCCCC1CCOc1cccc(Br)c1. The Morgan fingerprint density at radius 3 is 2.94 bits per heavy atom. The van der Waals surface area contributed by atoms with Crippen molar-refractivity contribution in [1.82, 2.24) is 5.32 Å². The number of halogens is 1. The molecular formula is C15H22BrNO. The summed E-state index contributed by atoms with van der Waals surface area (Å²) in [5.74, 6) is 1.73.